The number of nitrogens with zero attached hydrogens (tertiary/aromatic N) is 3. The topological polar surface area (TPSA) is 56.6 Å². The Morgan fingerprint density at radius 1 is 1.38 bits per heavy atom. The average Bonchev–Trinajstić information content (AvgIpc) is 2.89. The van der Waals surface area contributed by atoms with Gasteiger partial charge in [0, 0.05) is 25.1 Å². The highest BCUT2D eigenvalue weighted by Crippen LogP contribution is 2.28. The van der Waals surface area contributed by atoms with Gasteiger partial charge in [0.1, 0.15) is 6.54 Å². The van der Waals surface area contributed by atoms with Crippen molar-refractivity contribution in [2.45, 2.75) is 44.9 Å². The van der Waals surface area contributed by atoms with Gasteiger partial charge in [-0.05, 0) is 19.8 Å². The number of alkyl halides is 3. The van der Waals surface area contributed by atoms with E-state index in [9.17, 15) is 18.0 Å². The molecule has 3 heterocycles. The molecule has 3 rings (SSSR count). The first-order valence-electron chi connectivity index (χ1n) is 8.02. The molecule has 2 aliphatic heterocycles. The van der Waals surface area contributed by atoms with Crippen molar-refractivity contribution in [3.8, 4) is 5.88 Å². The molecule has 1 atom stereocenters. The summed E-state index contributed by atoms with van der Waals surface area (Å²) in [5.41, 5.74) is 0.519. The van der Waals surface area contributed by atoms with Crippen molar-refractivity contribution in [1.82, 2.24) is 14.7 Å². The number of hydrogen-bond donors (Lipinski definition) is 0. The third-order valence-electron chi connectivity index (χ3n) is 4.27. The summed E-state index contributed by atoms with van der Waals surface area (Å²) in [6.45, 7) is 2.09. The molecular weight excluding hydrogens is 327 g/mol. The number of amides is 1. The fourth-order valence-corrected chi connectivity index (χ4v) is 3.12. The van der Waals surface area contributed by atoms with E-state index < -0.39 is 24.7 Å². The largest absolute Gasteiger partial charge is 0.478 e. The van der Waals surface area contributed by atoms with Gasteiger partial charge < -0.3 is 14.4 Å². The van der Waals surface area contributed by atoms with Crippen LogP contribution in [-0.2, 0) is 11.3 Å². The number of aryl methyl sites for hydroxylation is 1. The Morgan fingerprint density at radius 2 is 2.17 bits per heavy atom. The van der Waals surface area contributed by atoms with Gasteiger partial charge in [0.05, 0.1) is 19.3 Å². The van der Waals surface area contributed by atoms with Crippen molar-refractivity contribution < 1.29 is 27.4 Å². The Kier molecular flexibility index (Phi) is 4.71. The van der Waals surface area contributed by atoms with Crippen LogP contribution in [0, 0.1) is 6.92 Å². The number of carbonyl (C=O) groups excluding carboxylic acids is 1. The summed E-state index contributed by atoms with van der Waals surface area (Å²) in [6, 6.07) is -0.591. The quantitative estimate of drug-likeness (QED) is 0.841. The minimum atomic E-state index is -4.48. The second kappa shape index (κ2) is 6.62. The lowest BCUT2D eigenvalue weighted by Gasteiger charge is -2.34. The molecule has 9 heteroatoms. The smallest absolute Gasteiger partial charge is 0.406 e. The van der Waals surface area contributed by atoms with E-state index in [2.05, 4.69) is 5.10 Å². The first kappa shape index (κ1) is 17.1. The number of carbonyl (C=O) groups is 1. The third-order valence-corrected chi connectivity index (χ3v) is 4.27. The van der Waals surface area contributed by atoms with Gasteiger partial charge in [-0.25, -0.2) is 4.68 Å². The normalized spacial score (nSPS) is 21.1. The highest BCUT2D eigenvalue weighted by atomic mass is 19.4. The lowest BCUT2D eigenvalue weighted by Crippen LogP contribution is -2.49. The maximum atomic E-state index is 13.0. The Hall–Kier alpha value is -1.77. The van der Waals surface area contributed by atoms with Crippen LogP contribution in [0.2, 0.25) is 0 Å². The monoisotopic (exact) mass is 347 g/mol. The molecule has 0 bridgehead atoms. The molecule has 0 unspecified atom stereocenters. The van der Waals surface area contributed by atoms with E-state index in [0.717, 1.165) is 11.3 Å². The van der Waals surface area contributed by atoms with Gasteiger partial charge in [-0.15, -0.1) is 0 Å². The predicted molar refractivity (Wildman–Crippen MR) is 78.0 cm³/mol. The summed E-state index contributed by atoms with van der Waals surface area (Å²) >= 11 is 0. The molecule has 0 spiro atoms. The van der Waals surface area contributed by atoms with Crippen molar-refractivity contribution in [2.75, 3.05) is 26.4 Å². The zero-order valence-electron chi connectivity index (χ0n) is 13.4. The number of ether oxygens (including phenoxy) is 2. The number of hydrogen-bond acceptors (Lipinski definition) is 4. The van der Waals surface area contributed by atoms with Gasteiger partial charge in [-0.3, -0.25) is 4.79 Å². The van der Waals surface area contributed by atoms with Gasteiger partial charge >= 0.3 is 6.18 Å². The van der Waals surface area contributed by atoms with E-state index in [4.69, 9.17) is 9.47 Å². The fraction of sp³-hybridized carbons (Fsp3) is 0.733. The molecule has 6 nitrogen and oxygen atoms in total. The number of halogens is 3. The summed E-state index contributed by atoms with van der Waals surface area (Å²) in [5, 5.41) is 4.19. The number of rotatable bonds is 3. The molecule has 0 aliphatic carbocycles. The van der Waals surface area contributed by atoms with Gasteiger partial charge in [-0.2, -0.15) is 18.3 Å². The van der Waals surface area contributed by atoms with Crippen molar-refractivity contribution in [1.29, 1.82) is 0 Å². The first-order valence-corrected chi connectivity index (χ1v) is 8.02. The van der Waals surface area contributed by atoms with Crippen molar-refractivity contribution in [2.24, 2.45) is 0 Å². The summed E-state index contributed by atoms with van der Waals surface area (Å²) in [5.74, 6) is -0.248. The van der Waals surface area contributed by atoms with E-state index in [1.165, 1.54) is 0 Å². The molecule has 1 fully saturated rings. The molecule has 1 aromatic rings. The van der Waals surface area contributed by atoms with Crippen molar-refractivity contribution in [3.63, 3.8) is 0 Å². The molecule has 1 saturated heterocycles. The molecule has 1 amide bonds. The Bertz CT molecular complexity index is 609. The van der Waals surface area contributed by atoms with Crippen LogP contribution in [0.15, 0.2) is 0 Å². The molecule has 2 aliphatic rings. The molecule has 1 aromatic heterocycles. The zero-order chi connectivity index (χ0) is 17.3. The summed E-state index contributed by atoms with van der Waals surface area (Å²) in [7, 11) is 0. The standard InChI is InChI=1S/C15H20F3N3O3/c1-10-12(19-21-5-3-7-24-14(10)21)13(22)20(9-15(16,17)18)11-4-2-6-23-8-11/h11H,2-9H2,1H3/t11-/m0/s1. The summed E-state index contributed by atoms with van der Waals surface area (Å²) in [4.78, 5) is 13.6. The minimum absolute atomic E-state index is 0.0294. The van der Waals surface area contributed by atoms with E-state index in [1.807, 2.05) is 0 Å². The van der Waals surface area contributed by atoms with Crippen LogP contribution in [0.4, 0.5) is 13.2 Å². The van der Waals surface area contributed by atoms with Crippen molar-refractivity contribution >= 4 is 5.91 Å². The van der Waals surface area contributed by atoms with E-state index >= 15 is 0 Å². The van der Waals surface area contributed by atoms with E-state index in [-0.39, 0.29) is 12.3 Å². The van der Waals surface area contributed by atoms with Crippen LogP contribution < -0.4 is 4.74 Å². The first-order chi connectivity index (χ1) is 11.4. The van der Waals surface area contributed by atoms with Crippen molar-refractivity contribution in [3.05, 3.63) is 11.3 Å². The fourth-order valence-electron chi connectivity index (χ4n) is 3.12. The predicted octanol–water partition coefficient (Wildman–Crippen LogP) is 2.16. The highest BCUT2D eigenvalue weighted by molar-refractivity contribution is 5.94. The highest BCUT2D eigenvalue weighted by Gasteiger charge is 2.39. The Labute approximate surface area is 137 Å². The molecular formula is C15H20F3N3O3. The molecule has 0 aromatic carbocycles. The van der Waals surface area contributed by atoms with Crippen LogP contribution in [0.25, 0.3) is 0 Å². The van der Waals surface area contributed by atoms with Crippen LogP contribution in [0.1, 0.15) is 35.3 Å². The second-order valence-electron chi connectivity index (χ2n) is 6.12. The maximum absolute atomic E-state index is 13.0. The molecule has 0 radical (unpaired) electrons. The SMILES string of the molecule is Cc1c(C(=O)N(CC(F)(F)F)[C@H]2CCCOC2)nn2c1OCCC2. The number of aromatic nitrogens is 2. The lowest BCUT2D eigenvalue weighted by molar-refractivity contribution is -0.148. The molecule has 0 N–H and O–H groups in total. The maximum Gasteiger partial charge on any atom is 0.406 e. The van der Waals surface area contributed by atoms with Crippen LogP contribution in [0.5, 0.6) is 5.88 Å². The third kappa shape index (κ3) is 3.50. The van der Waals surface area contributed by atoms with Crippen LogP contribution in [0.3, 0.4) is 0 Å². The number of fused-ring (bicyclic) bond motifs is 1. The molecule has 24 heavy (non-hydrogen) atoms. The Balaban J connectivity index is 1.89. The van der Waals surface area contributed by atoms with E-state index in [0.29, 0.717) is 44.0 Å². The van der Waals surface area contributed by atoms with Crippen LogP contribution in [-0.4, -0.2) is 59.2 Å². The van der Waals surface area contributed by atoms with Crippen LogP contribution >= 0.6 is 0 Å². The summed E-state index contributed by atoms with van der Waals surface area (Å²) in [6.07, 6.45) is -2.60. The zero-order valence-corrected chi connectivity index (χ0v) is 13.4. The van der Waals surface area contributed by atoms with Gasteiger partial charge in [0.2, 0.25) is 5.88 Å². The van der Waals surface area contributed by atoms with Gasteiger partial charge in [-0.1, -0.05) is 0 Å². The minimum Gasteiger partial charge on any atom is -0.478 e. The van der Waals surface area contributed by atoms with Gasteiger partial charge in [0.25, 0.3) is 5.91 Å². The average molecular weight is 347 g/mol. The lowest BCUT2D eigenvalue weighted by atomic mass is 10.1. The second-order valence-corrected chi connectivity index (χ2v) is 6.12. The summed E-state index contributed by atoms with van der Waals surface area (Å²) < 4.78 is 51.2. The van der Waals surface area contributed by atoms with E-state index in [1.54, 1.807) is 11.6 Å². The van der Waals surface area contributed by atoms with Gasteiger partial charge in [0.15, 0.2) is 5.69 Å². The molecule has 134 valence electrons. The molecule has 0 saturated carbocycles. The Morgan fingerprint density at radius 3 is 2.79 bits per heavy atom.